The third kappa shape index (κ3) is 3.29. The van der Waals surface area contributed by atoms with Crippen LogP contribution in [0, 0.1) is 11.7 Å². The van der Waals surface area contributed by atoms with Crippen LogP contribution < -0.4 is 10.6 Å². The molecule has 2 atom stereocenters. The largest absolute Gasteiger partial charge is 0.323 e. The second-order valence-corrected chi connectivity index (χ2v) is 5.61. The molecule has 0 aromatic heterocycles. The maximum absolute atomic E-state index is 13.5. The summed E-state index contributed by atoms with van der Waals surface area (Å²) in [7, 11) is 0. The third-order valence-corrected chi connectivity index (χ3v) is 3.67. The first-order valence-electron chi connectivity index (χ1n) is 6.05. The number of benzene rings is 1. The van der Waals surface area contributed by atoms with Gasteiger partial charge in [-0.1, -0.05) is 15.9 Å². The van der Waals surface area contributed by atoms with Crippen LogP contribution in [0.1, 0.15) is 19.8 Å². The Morgan fingerprint density at radius 3 is 3.06 bits per heavy atom. The molecule has 2 rings (SSSR count). The lowest BCUT2D eigenvalue weighted by molar-refractivity contribution is -0.120. The number of amides is 1. The first-order chi connectivity index (χ1) is 8.56. The van der Waals surface area contributed by atoms with Crippen LogP contribution in [0.2, 0.25) is 0 Å². The molecule has 0 aliphatic carbocycles. The van der Waals surface area contributed by atoms with E-state index in [9.17, 15) is 9.18 Å². The number of hydrogen-bond donors (Lipinski definition) is 2. The first kappa shape index (κ1) is 13.5. The molecule has 1 aromatic carbocycles. The molecule has 1 aliphatic rings. The number of halogens is 2. The molecule has 18 heavy (non-hydrogen) atoms. The average Bonchev–Trinajstić information content (AvgIpc) is 2.34. The number of carbonyl (C=O) groups is 1. The molecule has 3 nitrogen and oxygen atoms in total. The van der Waals surface area contributed by atoms with E-state index < -0.39 is 5.82 Å². The SMILES string of the molecule is CC1CC(C(=O)Nc2cc(Br)ccc2F)CCN1. The Kier molecular flexibility index (Phi) is 4.35. The average molecular weight is 315 g/mol. The number of carbonyl (C=O) groups excluding carboxylic acids is 1. The van der Waals surface area contributed by atoms with Gasteiger partial charge in [-0.25, -0.2) is 4.39 Å². The molecule has 2 unspecified atom stereocenters. The normalized spacial score (nSPS) is 23.7. The highest BCUT2D eigenvalue weighted by Gasteiger charge is 2.25. The van der Waals surface area contributed by atoms with Crippen LogP contribution in [0.3, 0.4) is 0 Å². The summed E-state index contributed by atoms with van der Waals surface area (Å²) < 4.78 is 14.3. The summed E-state index contributed by atoms with van der Waals surface area (Å²) in [5, 5.41) is 5.96. The molecule has 5 heteroatoms. The van der Waals surface area contributed by atoms with E-state index in [-0.39, 0.29) is 17.5 Å². The summed E-state index contributed by atoms with van der Waals surface area (Å²) in [5.74, 6) is -0.548. The molecular weight excluding hydrogens is 299 g/mol. The Balaban J connectivity index is 2.04. The summed E-state index contributed by atoms with van der Waals surface area (Å²) in [5.41, 5.74) is 0.237. The fourth-order valence-corrected chi connectivity index (χ4v) is 2.56. The molecule has 2 N–H and O–H groups in total. The van der Waals surface area contributed by atoms with Crippen LogP contribution in [0.4, 0.5) is 10.1 Å². The molecule has 1 aliphatic heterocycles. The van der Waals surface area contributed by atoms with Crippen LogP contribution in [0.25, 0.3) is 0 Å². The summed E-state index contributed by atoms with van der Waals surface area (Å²) >= 11 is 3.26. The Labute approximate surface area is 114 Å². The van der Waals surface area contributed by atoms with Crippen LogP contribution in [-0.4, -0.2) is 18.5 Å². The van der Waals surface area contributed by atoms with Gasteiger partial charge < -0.3 is 10.6 Å². The van der Waals surface area contributed by atoms with Gasteiger partial charge in [0.15, 0.2) is 0 Å². The van der Waals surface area contributed by atoms with Crippen molar-refractivity contribution in [1.29, 1.82) is 0 Å². The van der Waals surface area contributed by atoms with Gasteiger partial charge in [0, 0.05) is 16.4 Å². The minimum absolute atomic E-state index is 0.0420. The number of anilines is 1. The highest BCUT2D eigenvalue weighted by atomic mass is 79.9. The van der Waals surface area contributed by atoms with Crippen molar-refractivity contribution in [3.63, 3.8) is 0 Å². The van der Waals surface area contributed by atoms with Crippen molar-refractivity contribution in [2.45, 2.75) is 25.8 Å². The molecule has 0 bridgehead atoms. The second-order valence-electron chi connectivity index (χ2n) is 4.69. The summed E-state index contributed by atoms with van der Waals surface area (Å²) in [4.78, 5) is 12.1. The van der Waals surface area contributed by atoms with Crippen molar-refractivity contribution in [2.75, 3.05) is 11.9 Å². The van der Waals surface area contributed by atoms with Gasteiger partial charge in [-0.15, -0.1) is 0 Å². The van der Waals surface area contributed by atoms with Crippen molar-refractivity contribution >= 4 is 27.5 Å². The number of nitrogens with one attached hydrogen (secondary N) is 2. The van der Waals surface area contributed by atoms with E-state index in [0.717, 1.165) is 23.9 Å². The van der Waals surface area contributed by atoms with Gasteiger partial charge in [0.25, 0.3) is 0 Å². The van der Waals surface area contributed by atoms with Gasteiger partial charge >= 0.3 is 0 Å². The standard InChI is InChI=1S/C13H16BrFN2O/c1-8-6-9(4-5-16-8)13(18)17-12-7-10(14)2-3-11(12)15/h2-3,7-9,16H,4-6H2,1H3,(H,17,18). The van der Waals surface area contributed by atoms with Crippen LogP contribution in [0.15, 0.2) is 22.7 Å². The smallest absolute Gasteiger partial charge is 0.227 e. The van der Waals surface area contributed by atoms with E-state index in [4.69, 9.17) is 0 Å². The Bertz CT molecular complexity index is 453. The van der Waals surface area contributed by atoms with Crippen LogP contribution in [-0.2, 0) is 4.79 Å². The molecule has 98 valence electrons. The predicted octanol–water partition coefficient (Wildman–Crippen LogP) is 2.91. The fourth-order valence-electron chi connectivity index (χ4n) is 2.20. The van der Waals surface area contributed by atoms with E-state index in [1.54, 1.807) is 12.1 Å². The predicted molar refractivity (Wildman–Crippen MR) is 72.9 cm³/mol. The Hall–Kier alpha value is -0.940. The van der Waals surface area contributed by atoms with Gasteiger partial charge in [0.2, 0.25) is 5.91 Å². The fraction of sp³-hybridized carbons (Fsp3) is 0.462. The van der Waals surface area contributed by atoms with Crippen molar-refractivity contribution < 1.29 is 9.18 Å². The summed E-state index contributed by atoms with van der Waals surface area (Å²) in [6, 6.07) is 4.86. The van der Waals surface area contributed by atoms with Gasteiger partial charge in [-0.3, -0.25) is 4.79 Å². The lowest BCUT2D eigenvalue weighted by Gasteiger charge is -2.27. The lowest BCUT2D eigenvalue weighted by Crippen LogP contribution is -2.40. The molecule has 1 heterocycles. The van der Waals surface area contributed by atoms with Gasteiger partial charge in [-0.2, -0.15) is 0 Å². The van der Waals surface area contributed by atoms with Gasteiger partial charge in [-0.05, 0) is 44.5 Å². The van der Waals surface area contributed by atoms with Gasteiger partial charge in [0.05, 0.1) is 5.69 Å². The Morgan fingerprint density at radius 1 is 1.56 bits per heavy atom. The quantitative estimate of drug-likeness (QED) is 0.881. The van der Waals surface area contributed by atoms with E-state index in [1.165, 1.54) is 6.07 Å². The third-order valence-electron chi connectivity index (χ3n) is 3.18. The highest BCUT2D eigenvalue weighted by Crippen LogP contribution is 2.23. The summed E-state index contributed by atoms with van der Waals surface area (Å²) in [6.07, 6.45) is 1.59. The molecule has 0 spiro atoms. The second kappa shape index (κ2) is 5.80. The number of rotatable bonds is 2. The van der Waals surface area contributed by atoms with Gasteiger partial charge in [0.1, 0.15) is 5.82 Å². The lowest BCUT2D eigenvalue weighted by atomic mass is 9.92. The Morgan fingerprint density at radius 2 is 2.33 bits per heavy atom. The zero-order valence-corrected chi connectivity index (χ0v) is 11.8. The van der Waals surface area contributed by atoms with E-state index in [0.29, 0.717) is 6.04 Å². The van der Waals surface area contributed by atoms with E-state index >= 15 is 0 Å². The monoisotopic (exact) mass is 314 g/mol. The zero-order chi connectivity index (χ0) is 13.1. The van der Waals surface area contributed by atoms with Crippen molar-refractivity contribution in [3.05, 3.63) is 28.5 Å². The van der Waals surface area contributed by atoms with E-state index in [1.807, 2.05) is 0 Å². The highest BCUT2D eigenvalue weighted by molar-refractivity contribution is 9.10. The molecule has 1 fully saturated rings. The molecular formula is C13H16BrFN2O. The van der Waals surface area contributed by atoms with Crippen molar-refractivity contribution in [3.8, 4) is 0 Å². The maximum atomic E-state index is 13.5. The minimum atomic E-state index is -0.409. The van der Waals surface area contributed by atoms with Crippen LogP contribution >= 0.6 is 15.9 Å². The van der Waals surface area contributed by atoms with Crippen molar-refractivity contribution in [1.82, 2.24) is 5.32 Å². The summed E-state index contributed by atoms with van der Waals surface area (Å²) in [6.45, 7) is 2.89. The molecule has 1 aromatic rings. The van der Waals surface area contributed by atoms with E-state index in [2.05, 4.69) is 33.5 Å². The molecule has 0 radical (unpaired) electrons. The molecule has 0 saturated carbocycles. The molecule has 1 amide bonds. The first-order valence-corrected chi connectivity index (χ1v) is 6.85. The zero-order valence-electron chi connectivity index (χ0n) is 10.2. The van der Waals surface area contributed by atoms with Crippen molar-refractivity contribution in [2.24, 2.45) is 5.92 Å². The number of hydrogen-bond acceptors (Lipinski definition) is 2. The molecule has 1 saturated heterocycles. The number of piperidine rings is 1. The topological polar surface area (TPSA) is 41.1 Å². The minimum Gasteiger partial charge on any atom is -0.323 e. The van der Waals surface area contributed by atoms with Crippen LogP contribution in [0.5, 0.6) is 0 Å². The maximum Gasteiger partial charge on any atom is 0.227 e.